The van der Waals surface area contributed by atoms with E-state index >= 15 is 0 Å². The van der Waals surface area contributed by atoms with Crippen LogP contribution in [0.1, 0.15) is 0 Å². The van der Waals surface area contributed by atoms with Gasteiger partial charge in [0.25, 0.3) is 0 Å². The van der Waals surface area contributed by atoms with Crippen molar-refractivity contribution in [3.8, 4) is 0 Å². The molecular weight excluding hydrogens is 76.9 g/mol. The van der Waals surface area contributed by atoms with Crippen molar-refractivity contribution in [2.75, 3.05) is 0 Å². The first-order valence-corrected chi connectivity index (χ1v) is 1.52. The summed E-state index contributed by atoms with van der Waals surface area (Å²) in [6.07, 6.45) is 1.50. The summed E-state index contributed by atoms with van der Waals surface area (Å²) in [4.78, 5) is 0. The van der Waals surface area contributed by atoms with Gasteiger partial charge in [-0.1, -0.05) is 0 Å². The molecule has 0 saturated carbocycles. The first kappa shape index (κ1) is 3.40. The Bertz CT molecular complexity index is 111. The van der Waals surface area contributed by atoms with Crippen molar-refractivity contribution < 1.29 is 0 Å². The summed E-state index contributed by atoms with van der Waals surface area (Å²) in [5.74, 6) is 0. The molecule has 0 N–H and O–H groups in total. The molecule has 0 aromatic heterocycles. The molecule has 0 bridgehead atoms. The number of hydrogen-bond donors (Lipinski definition) is 0. The maximum atomic E-state index is 3.44. The molecule has 0 aliphatic carbocycles. The molecule has 1 rings (SSSR count). The average molecular weight is 78.9 g/mol. The minimum atomic E-state index is 0.620. The number of rotatable bonds is 0. The zero-order chi connectivity index (χ0) is 4.41. The van der Waals surface area contributed by atoms with Crippen molar-refractivity contribution in [3.63, 3.8) is 0 Å². The Kier molecular flexibility index (Phi) is 0.635. The Morgan fingerprint density at radius 3 is 2.67 bits per heavy atom. The first-order chi connectivity index (χ1) is 2.89. The molecule has 3 nitrogen and oxygen atoms in total. The predicted octanol–water partition coefficient (Wildman–Crippen LogP) is -0.531. The Morgan fingerprint density at radius 1 is 1.67 bits per heavy atom. The van der Waals surface area contributed by atoms with Crippen LogP contribution < -0.4 is 0 Å². The van der Waals surface area contributed by atoms with Gasteiger partial charge in [-0.2, -0.15) is 0 Å². The van der Waals surface area contributed by atoms with Crippen molar-refractivity contribution in [3.05, 3.63) is 0 Å². The molecule has 0 aromatic carbocycles. The van der Waals surface area contributed by atoms with E-state index in [1.165, 1.54) is 6.21 Å². The summed E-state index contributed by atoms with van der Waals surface area (Å²) in [7, 11) is 3.44. The monoisotopic (exact) mass is 79.0 g/mol. The van der Waals surface area contributed by atoms with Gasteiger partial charge < -0.3 is 0 Å². The third kappa shape index (κ3) is 0.405. The fourth-order valence-electron chi connectivity index (χ4n) is 0.202. The Labute approximate surface area is 35.8 Å². The van der Waals surface area contributed by atoms with Crippen LogP contribution in [0.4, 0.5) is 0 Å². The average Bonchev–Trinajstić information content (AvgIpc) is 1.86. The van der Waals surface area contributed by atoms with E-state index in [2.05, 4.69) is 22.9 Å². The van der Waals surface area contributed by atoms with Crippen LogP contribution in [0, 0.1) is 0 Å². The van der Waals surface area contributed by atoms with Gasteiger partial charge in [0.2, 0.25) is 0 Å². The maximum absolute atomic E-state index is 3.44. The van der Waals surface area contributed by atoms with Crippen molar-refractivity contribution in [2.24, 2.45) is 15.4 Å². The Morgan fingerprint density at radius 2 is 2.50 bits per heavy atom. The van der Waals surface area contributed by atoms with Gasteiger partial charge in [-0.15, -0.1) is 0 Å². The topological polar surface area (TPSA) is 37.1 Å². The van der Waals surface area contributed by atoms with E-state index in [1.807, 2.05) is 0 Å². The van der Waals surface area contributed by atoms with E-state index in [9.17, 15) is 0 Å². The molecule has 0 saturated heterocycles. The zero-order valence-corrected chi connectivity index (χ0v) is 3.13. The van der Waals surface area contributed by atoms with E-state index in [-0.39, 0.29) is 0 Å². The summed E-state index contributed by atoms with van der Waals surface area (Å²) < 4.78 is 0. The molecule has 1 heterocycles. The Balaban J connectivity index is 2.86. The van der Waals surface area contributed by atoms with Gasteiger partial charge in [0.05, 0.1) is 0 Å². The van der Waals surface area contributed by atoms with Crippen molar-refractivity contribution >= 4 is 19.3 Å². The van der Waals surface area contributed by atoms with Crippen LogP contribution in [0.3, 0.4) is 0 Å². The summed E-state index contributed by atoms with van der Waals surface area (Å²) in [6, 6.07) is 0. The second-order valence-electron chi connectivity index (χ2n) is 0.925. The molecule has 1 aliphatic heterocycles. The normalized spacial score (nSPS) is 16.8. The molecule has 28 valence electrons. The summed E-state index contributed by atoms with van der Waals surface area (Å²) in [5, 5.41) is 10.1. The fourth-order valence-corrected chi connectivity index (χ4v) is 0.202. The molecule has 0 atom stereocenters. The molecule has 0 unspecified atom stereocenters. The second-order valence-corrected chi connectivity index (χ2v) is 0.925. The van der Waals surface area contributed by atoms with E-state index < -0.39 is 0 Å². The zero-order valence-electron chi connectivity index (χ0n) is 3.13. The summed E-state index contributed by atoms with van der Waals surface area (Å²) >= 11 is 0. The van der Waals surface area contributed by atoms with Crippen LogP contribution in [0.25, 0.3) is 0 Å². The third-order valence-electron chi connectivity index (χ3n) is 0.432. The van der Waals surface area contributed by atoms with Gasteiger partial charge >= 0.3 is 34.7 Å². The molecule has 1 aliphatic rings. The van der Waals surface area contributed by atoms with Crippen LogP contribution in [-0.2, 0) is 0 Å². The molecule has 0 spiro atoms. The molecule has 0 radical (unpaired) electrons. The van der Waals surface area contributed by atoms with Crippen LogP contribution >= 0.6 is 0 Å². The molecule has 0 aromatic rings. The minimum absolute atomic E-state index is 0.620. The molecule has 4 heteroatoms. The van der Waals surface area contributed by atoms with Crippen LogP contribution in [0.15, 0.2) is 15.4 Å². The van der Waals surface area contributed by atoms with Gasteiger partial charge in [-0.3, -0.25) is 0 Å². The van der Waals surface area contributed by atoms with Gasteiger partial charge in [0, 0.05) is 0 Å². The van der Waals surface area contributed by atoms with E-state index in [0.717, 1.165) is 0 Å². The Hall–Kier alpha value is -0.795. The van der Waals surface area contributed by atoms with E-state index in [4.69, 9.17) is 0 Å². The third-order valence-corrected chi connectivity index (χ3v) is 0.432. The first-order valence-electron chi connectivity index (χ1n) is 1.52. The second kappa shape index (κ2) is 1.12. The number of nitrogens with zero attached hydrogens (tertiary/aromatic N) is 3. The molecule has 0 amide bonds. The molecule has 0 fully saturated rings. The van der Waals surface area contributed by atoms with Crippen LogP contribution in [-0.4, -0.2) is 19.3 Å². The van der Waals surface area contributed by atoms with Gasteiger partial charge in [-0.25, -0.2) is 0 Å². The quantitative estimate of drug-likeness (QED) is 0.350. The number of hydrogen-bond acceptors (Lipinski definition) is 3. The van der Waals surface area contributed by atoms with Crippen LogP contribution in [0.2, 0.25) is 0 Å². The van der Waals surface area contributed by atoms with Crippen LogP contribution in [0.5, 0.6) is 0 Å². The van der Waals surface area contributed by atoms with E-state index in [0.29, 0.717) is 5.59 Å². The van der Waals surface area contributed by atoms with E-state index in [1.54, 1.807) is 0 Å². The van der Waals surface area contributed by atoms with Gasteiger partial charge in [0.15, 0.2) is 0 Å². The molecule has 6 heavy (non-hydrogen) atoms. The van der Waals surface area contributed by atoms with Gasteiger partial charge in [-0.05, 0) is 0 Å². The van der Waals surface area contributed by atoms with Crippen molar-refractivity contribution in [1.82, 2.24) is 0 Å². The summed E-state index contributed by atoms with van der Waals surface area (Å²) in [6.45, 7) is 0. The van der Waals surface area contributed by atoms with Crippen molar-refractivity contribution in [2.45, 2.75) is 0 Å². The fraction of sp³-hybridized carbons (Fsp3) is 0. The van der Waals surface area contributed by atoms with Gasteiger partial charge in [0.1, 0.15) is 0 Å². The summed E-state index contributed by atoms with van der Waals surface area (Å²) in [5.41, 5.74) is 0.620. The van der Waals surface area contributed by atoms with Crippen molar-refractivity contribution in [1.29, 1.82) is 0 Å². The molecular formula is C2H2BN3. The SMILES string of the molecule is B=C1C=NN=N1. The standard InChI is InChI=1S/C2H2BN3/c3-2-1-4-6-5-2/h1,3H. The predicted molar refractivity (Wildman–Crippen MR) is 25.5 cm³/mol.